The summed E-state index contributed by atoms with van der Waals surface area (Å²) in [4.78, 5) is 11.7. The summed E-state index contributed by atoms with van der Waals surface area (Å²) >= 11 is 0. The Morgan fingerprint density at radius 3 is 2.59 bits per heavy atom. The fourth-order valence-electron chi connectivity index (χ4n) is 4.02. The Labute approximate surface area is 170 Å². The zero-order valence-electron chi connectivity index (χ0n) is 16.7. The molecule has 1 fully saturated rings. The summed E-state index contributed by atoms with van der Waals surface area (Å²) in [5, 5.41) is 7.85. The summed E-state index contributed by atoms with van der Waals surface area (Å²) in [6.07, 6.45) is 7.77. The number of benzene rings is 1. The second-order valence-electron chi connectivity index (χ2n) is 7.84. The fourth-order valence-corrected chi connectivity index (χ4v) is 4.02. The molecule has 7 nitrogen and oxygen atoms in total. The van der Waals surface area contributed by atoms with Gasteiger partial charge in [0.15, 0.2) is 0 Å². The van der Waals surface area contributed by atoms with E-state index in [9.17, 15) is 0 Å². The van der Waals surface area contributed by atoms with Gasteiger partial charge in [0, 0.05) is 36.5 Å². The number of ether oxygens (including phenoxy) is 1. The molecule has 4 heterocycles. The van der Waals surface area contributed by atoms with Gasteiger partial charge in [0.25, 0.3) is 0 Å². The molecule has 0 spiro atoms. The number of aromatic nitrogens is 4. The molecule has 1 aromatic carbocycles. The lowest BCUT2D eigenvalue weighted by atomic mass is 9.95. The summed E-state index contributed by atoms with van der Waals surface area (Å²) in [6, 6.07) is 10.7. The van der Waals surface area contributed by atoms with E-state index in [1.807, 2.05) is 50.9 Å². The van der Waals surface area contributed by atoms with Crippen molar-refractivity contribution >= 4 is 17.2 Å². The van der Waals surface area contributed by atoms with Gasteiger partial charge in [-0.25, -0.2) is 9.98 Å². The highest BCUT2D eigenvalue weighted by atomic mass is 16.5. The second-order valence-corrected chi connectivity index (χ2v) is 7.84. The number of hydrogen-bond donors (Lipinski definition) is 0. The Morgan fingerprint density at radius 2 is 1.83 bits per heavy atom. The zero-order chi connectivity index (χ0) is 19.8. The Balaban J connectivity index is 1.31. The van der Waals surface area contributed by atoms with Gasteiger partial charge < -0.3 is 14.2 Å². The standard InChI is InChI=1S/C22H24N6O/c1-15(2)29-18-3-4-20-19(12-18)22(26-20)16-5-8-23-21(11-16)27-9-6-17(7-10-27)28-13-24-25-14-28/h3-5,8,11-15,17H,6-7,9-10H2,1-2H3. The molecular formula is C22H24N6O. The van der Waals surface area contributed by atoms with Crippen molar-refractivity contribution < 1.29 is 4.74 Å². The number of nitrogens with zero attached hydrogens (tertiary/aromatic N) is 6. The van der Waals surface area contributed by atoms with Crippen LogP contribution in [0.25, 0.3) is 0 Å². The van der Waals surface area contributed by atoms with Crippen LogP contribution in [0.4, 0.5) is 11.5 Å². The molecule has 0 atom stereocenters. The van der Waals surface area contributed by atoms with Gasteiger partial charge in [0.1, 0.15) is 24.2 Å². The molecule has 1 saturated heterocycles. The van der Waals surface area contributed by atoms with Gasteiger partial charge in [-0.1, -0.05) is 0 Å². The highest BCUT2D eigenvalue weighted by Gasteiger charge is 2.24. The van der Waals surface area contributed by atoms with Crippen LogP contribution in [0.5, 0.6) is 5.75 Å². The van der Waals surface area contributed by atoms with E-state index < -0.39 is 0 Å². The Morgan fingerprint density at radius 1 is 1.03 bits per heavy atom. The second kappa shape index (κ2) is 7.31. The SMILES string of the molecule is CC(C)Oc1ccc2c(c1)C(c1ccnc(N3CCC(n4cnnc4)CC3)c1)=N2. The molecular weight excluding hydrogens is 364 g/mol. The van der Waals surface area contributed by atoms with Gasteiger partial charge in [-0.05, 0) is 57.0 Å². The fraction of sp³-hybridized carbons (Fsp3) is 0.364. The number of fused-ring (bicyclic) bond motifs is 1. The first kappa shape index (κ1) is 17.8. The van der Waals surface area contributed by atoms with Crippen LogP contribution in [0.3, 0.4) is 0 Å². The smallest absolute Gasteiger partial charge is 0.129 e. The van der Waals surface area contributed by atoms with Crippen molar-refractivity contribution in [3.63, 3.8) is 0 Å². The number of piperidine rings is 1. The van der Waals surface area contributed by atoms with Gasteiger partial charge in [-0.15, -0.1) is 10.2 Å². The van der Waals surface area contributed by atoms with Crippen molar-refractivity contribution in [2.75, 3.05) is 18.0 Å². The largest absolute Gasteiger partial charge is 0.491 e. The van der Waals surface area contributed by atoms with Crippen molar-refractivity contribution in [3.05, 3.63) is 60.3 Å². The first-order chi connectivity index (χ1) is 14.2. The molecule has 0 N–H and O–H groups in total. The maximum absolute atomic E-state index is 5.84. The third-order valence-corrected chi connectivity index (χ3v) is 5.49. The molecule has 0 saturated carbocycles. The Kier molecular flexibility index (Phi) is 4.50. The number of hydrogen-bond acceptors (Lipinski definition) is 6. The molecule has 0 bridgehead atoms. The van der Waals surface area contributed by atoms with Crippen LogP contribution < -0.4 is 9.64 Å². The predicted octanol–water partition coefficient (Wildman–Crippen LogP) is 3.78. The lowest BCUT2D eigenvalue weighted by molar-refractivity contribution is 0.242. The summed E-state index contributed by atoms with van der Waals surface area (Å²) in [5.41, 5.74) is 4.28. The van der Waals surface area contributed by atoms with E-state index in [1.54, 1.807) is 0 Å². The van der Waals surface area contributed by atoms with Crippen LogP contribution in [0.2, 0.25) is 0 Å². The minimum absolute atomic E-state index is 0.155. The molecule has 2 aromatic heterocycles. The highest BCUT2D eigenvalue weighted by molar-refractivity contribution is 6.22. The van der Waals surface area contributed by atoms with Gasteiger partial charge >= 0.3 is 0 Å². The molecule has 0 radical (unpaired) electrons. The van der Waals surface area contributed by atoms with Crippen molar-refractivity contribution in [1.82, 2.24) is 19.7 Å². The Bertz CT molecular complexity index is 1040. The van der Waals surface area contributed by atoms with E-state index in [0.29, 0.717) is 6.04 Å². The average molecular weight is 388 g/mol. The van der Waals surface area contributed by atoms with Crippen LogP contribution in [0.15, 0.2) is 54.2 Å². The lowest BCUT2D eigenvalue weighted by Gasteiger charge is -2.33. The van der Waals surface area contributed by atoms with Crippen LogP contribution in [0.1, 0.15) is 43.9 Å². The molecule has 3 aromatic rings. The average Bonchev–Trinajstić information content (AvgIpc) is 3.25. The predicted molar refractivity (Wildman–Crippen MR) is 112 cm³/mol. The first-order valence-corrected chi connectivity index (χ1v) is 10.1. The molecule has 0 unspecified atom stereocenters. The summed E-state index contributed by atoms with van der Waals surface area (Å²) in [5.74, 6) is 1.90. The van der Waals surface area contributed by atoms with E-state index in [0.717, 1.165) is 60.0 Å². The van der Waals surface area contributed by atoms with Gasteiger partial charge in [0.05, 0.1) is 17.5 Å². The number of aliphatic imine (C=N–C) groups is 1. The highest BCUT2D eigenvalue weighted by Crippen LogP contribution is 2.36. The van der Waals surface area contributed by atoms with E-state index in [2.05, 4.69) is 36.8 Å². The summed E-state index contributed by atoms with van der Waals surface area (Å²) in [6.45, 7) is 6.01. The molecule has 5 rings (SSSR count). The van der Waals surface area contributed by atoms with Gasteiger partial charge in [0.2, 0.25) is 0 Å². The quantitative estimate of drug-likeness (QED) is 0.520. The third-order valence-electron chi connectivity index (χ3n) is 5.49. The molecule has 148 valence electrons. The van der Waals surface area contributed by atoms with Crippen LogP contribution in [0, 0.1) is 0 Å². The Hall–Kier alpha value is -3.22. The van der Waals surface area contributed by atoms with Crippen molar-refractivity contribution in [3.8, 4) is 5.75 Å². The monoisotopic (exact) mass is 388 g/mol. The lowest BCUT2D eigenvalue weighted by Crippen LogP contribution is -2.35. The van der Waals surface area contributed by atoms with Crippen molar-refractivity contribution in [2.24, 2.45) is 4.99 Å². The van der Waals surface area contributed by atoms with E-state index in [-0.39, 0.29) is 6.10 Å². The first-order valence-electron chi connectivity index (χ1n) is 10.1. The molecule has 29 heavy (non-hydrogen) atoms. The molecule has 2 aliphatic rings. The molecule has 0 aliphatic carbocycles. The molecule has 7 heteroatoms. The topological polar surface area (TPSA) is 68.4 Å². The molecule has 0 amide bonds. The van der Waals surface area contributed by atoms with E-state index in [4.69, 9.17) is 9.73 Å². The number of rotatable bonds is 5. The molecule has 2 aliphatic heterocycles. The normalized spacial score (nSPS) is 16.4. The summed E-state index contributed by atoms with van der Waals surface area (Å²) < 4.78 is 7.95. The summed E-state index contributed by atoms with van der Waals surface area (Å²) in [7, 11) is 0. The third kappa shape index (κ3) is 3.48. The van der Waals surface area contributed by atoms with Gasteiger partial charge in [-0.2, -0.15) is 0 Å². The number of pyridine rings is 1. The van der Waals surface area contributed by atoms with Gasteiger partial charge in [-0.3, -0.25) is 0 Å². The minimum atomic E-state index is 0.155. The minimum Gasteiger partial charge on any atom is -0.491 e. The van der Waals surface area contributed by atoms with Crippen molar-refractivity contribution in [1.29, 1.82) is 0 Å². The maximum atomic E-state index is 5.84. The maximum Gasteiger partial charge on any atom is 0.129 e. The van der Waals surface area contributed by atoms with Crippen LogP contribution >= 0.6 is 0 Å². The van der Waals surface area contributed by atoms with Crippen LogP contribution in [-0.4, -0.2) is 44.7 Å². The van der Waals surface area contributed by atoms with Crippen LogP contribution in [-0.2, 0) is 0 Å². The van der Waals surface area contributed by atoms with Crippen molar-refractivity contribution in [2.45, 2.75) is 38.8 Å². The van der Waals surface area contributed by atoms with E-state index >= 15 is 0 Å². The zero-order valence-corrected chi connectivity index (χ0v) is 16.7. The van der Waals surface area contributed by atoms with E-state index in [1.165, 1.54) is 0 Å². The number of anilines is 1.